The van der Waals surface area contributed by atoms with Gasteiger partial charge < -0.3 is 5.11 Å². The molecule has 0 saturated heterocycles. The summed E-state index contributed by atoms with van der Waals surface area (Å²) in [5, 5.41) is 9.50. The van der Waals surface area contributed by atoms with Crippen molar-refractivity contribution < 1.29 is 9.90 Å². The monoisotopic (exact) mass is 261 g/mol. The molecule has 0 aliphatic rings. The van der Waals surface area contributed by atoms with E-state index in [9.17, 15) is 4.79 Å². The zero-order valence-corrected chi connectivity index (χ0v) is 9.35. The lowest BCUT2D eigenvalue weighted by atomic mass is 10.3. The van der Waals surface area contributed by atoms with Crippen molar-refractivity contribution in [3.8, 4) is 0 Å². The van der Waals surface area contributed by atoms with Crippen molar-refractivity contribution in [1.82, 2.24) is 4.98 Å². The Kier molecular flexibility index (Phi) is 3.62. The second-order valence-electron chi connectivity index (χ2n) is 2.28. The van der Waals surface area contributed by atoms with Crippen LogP contribution in [0.5, 0.6) is 0 Å². The first-order valence-electron chi connectivity index (χ1n) is 3.68. The number of rotatable bonds is 3. The highest BCUT2D eigenvalue weighted by Gasteiger charge is 2.14. The second-order valence-corrected chi connectivity index (χ2v) is 3.92. The summed E-state index contributed by atoms with van der Waals surface area (Å²) in [5.41, 5.74) is 0.174. The van der Waals surface area contributed by atoms with Gasteiger partial charge in [-0.2, -0.15) is 0 Å². The first-order chi connectivity index (χ1) is 6.19. The molecule has 3 nitrogen and oxygen atoms in total. The molecule has 1 heterocycles. The van der Waals surface area contributed by atoms with E-state index in [2.05, 4.69) is 20.9 Å². The number of carboxylic acids is 1. The summed E-state index contributed by atoms with van der Waals surface area (Å²) in [5.74, 6) is -0.956. The van der Waals surface area contributed by atoms with Gasteiger partial charge in [-0.05, 0) is 17.5 Å². The van der Waals surface area contributed by atoms with Crippen molar-refractivity contribution >= 4 is 39.3 Å². The average Bonchev–Trinajstić information content (AvgIpc) is 2.48. The molecule has 0 fully saturated rings. The molecule has 0 unspecified atom stereocenters. The number of nitrogens with zero attached hydrogens (tertiary/aromatic N) is 1. The fourth-order valence-electron chi connectivity index (χ4n) is 0.902. The standard InChI is InChI=1S/C8H8BrNO2S/c1-2-5-7(8(11)12)10-6(13-5)3-4-9/h3-4H,2H2,1H3,(H,11,12)/b4-3-. The molecule has 0 bridgehead atoms. The van der Waals surface area contributed by atoms with E-state index in [-0.39, 0.29) is 5.69 Å². The molecular formula is C8H8BrNO2S. The molecule has 0 spiro atoms. The van der Waals surface area contributed by atoms with Gasteiger partial charge in [0.25, 0.3) is 0 Å². The Hall–Kier alpha value is -0.680. The lowest BCUT2D eigenvalue weighted by molar-refractivity contribution is 0.0690. The molecule has 0 amide bonds. The Bertz CT molecular complexity index is 346. The topological polar surface area (TPSA) is 50.2 Å². The molecule has 13 heavy (non-hydrogen) atoms. The summed E-state index contributed by atoms with van der Waals surface area (Å²) in [7, 11) is 0. The average molecular weight is 262 g/mol. The molecule has 1 N–H and O–H groups in total. The number of aromatic nitrogens is 1. The van der Waals surface area contributed by atoms with Crippen LogP contribution in [0.1, 0.15) is 27.3 Å². The number of hydrogen-bond donors (Lipinski definition) is 1. The SMILES string of the molecule is CCc1sc(/C=C\Br)nc1C(=O)O. The Morgan fingerprint density at radius 1 is 1.77 bits per heavy atom. The van der Waals surface area contributed by atoms with Crippen LogP contribution in [0.4, 0.5) is 0 Å². The lowest BCUT2D eigenvalue weighted by Gasteiger charge is -1.89. The van der Waals surface area contributed by atoms with Gasteiger partial charge in [0.2, 0.25) is 0 Å². The third kappa shape index (κ3) is 2.38. The van der Waals surface area contributed by atoms with E-state index in [4.69, 9.17) is 5.11 Å². The van der Waals surface area contributed by atoms with Crippen LogP contribution in [0.25, 0.3) is 6.08 Å². The van der Waals surface area contributed by atoms with Crippen molar-refractivity contribution in [1.29, 1.82) is 0 Å². The van der Waals surface area contributed by atoms with Crippen LogP contribution in [-0.4, -0.2) is 16.1 Å². The van der Waals surface area contributed by atoms with E-state index in [1.807, 2.05) is 6.92 Å². The molecule has 0 atom stereocenters. The maximum absolute atomic E-state index is 10.7. The minimum absolute atomic E-state index is 0.174. The molecule has 70 valence electrons. The highest BCUT2D eigenvalue weighted by Crippen LogP contribution is 2.20. The number of aryl methyl sites for hydroxylation is 1. The molecule has 0 radical (unpaired) electrons. The predicted molar refractivity (Wildman–Crippen MR) is 56.4 cm³/mol. The lowest BCUT2D eigenvalue weighted by Crippen LogP contribution is -1.99. The normalized spacial score (nSPS) is 10.9. The van der Waals surface area contributed by atoms with E-state index in [1.54, 1.807) is 11.1 Å². The molecule has 1 aromatic rings. The van der Waals surface area contributed by atoms with Crippen LogP contribution in [0.15, 0.2) is 4.99 Å². The maximum Gasteiger partial charge on any atom is 0.355 e. The number of aromatic carboxylic acids is 1. The Morgan fingerprint density at radius 2 is 2.46 bits per heavy atom. The maximum atomic E-state index is 10.7. The quantitative estimate of drug-likeness (QED) is 0.911. The fourth-order valence-corrected chi connectivity index (χ4v) is 2.23. The van der Waals surface area contributed by atoms with E-state index < -0.39 is 5.97 Å². The molecule has 0 saturated carbocycles. The third-order valence-electron chi connectivity index (χ3n) is 1.44. The molecule has 5 heteroatoms. The van der Waals surface area contributed by atoms with Crippen LogP contribution in [0, 0.1) is 0 Å². The van der Waals surface area contributed by atoms with Gasteiger partial charge in [0.1, 0.15) is 5.01 Å². The van der Waals surface area contributed by atoms with Gasteiger partial charge in [-0.25, -0.2) is 9.78 Å². The predicted octanol–water partition coefficient (Wildman–Crippen LogP) is 2.77. The summed E-state index contributed by atoms with van der Waals surface area (Å²) in [4.78, 5) is 17.2. The van der Waals surface area contributed by atoms with Gasteiger partial charge >= 0.3 is 5.97 Å². The molecule has 0 aliphatic heterocycles. The third-order valence-corrected chi connectivity index (χ3v) is 2.87. The minimum atomic E-state index is -0.956. The zero-order chi connectivity index (χ0) is 9.84. The van der Waals surface area contributed by atoms with Gasteiger partial charge in [-0.3, -0.25) is 0 Å². The molecule has 1 rings (SSSR count). The Morgan fingerprint density at radius 3 is 2.85 bits per heavy atom. The van der Waals surface area contributed by atoms with Gasteiger partial charge in [-0.1, -0.05) is 22.9 Å². The van der Waals surface area contributed by atoms with Crippen LogP contribution in [0.3, 0.4) is 0 Å². The van der Waals surface area contributed by atoms with Gasteiger partial charge in [0, 0.05) is 4.88 Å². The zero-order valence-electron chi connectivity index (χ0n) is 6.95. The highest BCUT2D eigenvalue weighted by atomic mass is 79.9. The Balaban J connectivity index is 3.11. The number of halogens is 1. The van der Waals surface area contributed by atoms with E-state index in [0.29, 0.717) is 11.4 Å². The molecule has 0 aromatic carbocycles. The number of thiazole rings is 1. The van der Waals surface area contributed by atoms with E-state index in [1.165, 1.54) is 11.3 Å². The van der Waals surface area contributed by atoms with Gasteiger partial charge in [0.15, 0.2) is 5.69 Å². The summed E-state index contributed by atoms with van der Waals surface area (Å²) in [6.45, 7) is 1.92. The number of hydrogen-bond acceptors (Lipinski definition) is 3. The number of carbonyl (C=O) groups is 1. The summed E-state index contributed by atoms with van der Waals surface area (Å²) in [6.07, 6.45) is 2.44. The van der Waals surface area contributed by atoms with E-state index in [0.717, 1.165) is 4.88 Å². The summed E-state index contributed by atoms with van der Waals surface area (Å²) < 4.78 is 0. The van der Waals surface area contributed by atoms with Crippen molar-refractivity contribution in [3.63, 3.8) is 0 Å². The summed E-state index contributed by atoms with van der Waals surface area (Å²) >= 11 is 4.52. The largest absolute Gasteiger partial charge is 0.476 e. The van der Waals surface area contributed by atoms with Crippen molar-refractivity contribution in [2.45, 2.75) is 13.3 Å². The van der Waals surface area contributed by atoms with Crippen LogP contribution in [-0.2, 0) is 6.42 Å². The van der Waals surface area contributed by atoms with Crippen LogP contribution < -0.4 is 0 Å². The number of carboxylic acid groups (broad SMARTS) is 1. The summed E-state index contributed by atoms with van der Waals surface area (Å²) in [6, 6.07) is 0. The van der Waals surface area contributed by atoms with Gasteiger partial charge in [-0.15, -0.1) is 11.3 Å². The van der Waals surface area contributed by atoms with Crippen molar-refractivity contribution in [3.05, 3.63) is 20.6 Å². The highest BCUT2D eigenvalue weighted by molar-refractivity contribution is 9.11. The first kappa shape index (κ1) is 10.4. The van der Waals surface area contributed by atoms with Crippen LogP contribution in [0.2, 0.25) is 0 Å². The molecular weight excluding hydrogens is 254 g/mol. The van der Waals surface area contributed by atoms with Crippen molar-refractivity contribution in [2.24, 2.45) is 0 Å². The smallest absolute Gasteiger partial charge is 0.355 e. The second kappa shape index (κ2) is 4.53. The molecule has 1 aromatic heterocycles. The van der Waals surface area contributed by atoms with E-state index >= 15 is 0 Å². The fraction of sp³-hybridized carbons (Fsp3) is 0.250. The Labute approximate surface area is 88.2 Å². The van der Waals surface area contributed by atoms with Gasteiger partial charge in [0.05, 0.1) is 0 Å². The van der Waals surface area contributed by atoms with Crippen LogP contribution >= 0.6 is 27.3 Å². The first-order valence-corrected chi connectivity index (χ1v) is 5.42. The molecule has 0 aliphatic carbocycles. The van der Waals surface area contributed by atoms with Crippen molar-refractivity contribution in [2.75, 3.05) is 0 Å². The minimum Gasteiger partial charge on any atom is -0.476 e.